The Morgan fingerprint density at radius 1 is 0.611 bits per heavy atom. The molecule has 2 aliphatic rings. The second-order valence-electron chi connectivity index (χ2n) is 6.57. The quantitative estimate of drug-likeness (QED) is 0.181. The molecule has 0 amide bonds. The summed E-state index contributed by atoms with van der Waals surface area (Å²) in [5.74, 6) is 0. The summed E-state index contributed by atoms with van der Waals surface area (Å²) in [7, 11) is 3.23. The van der Waals surface area contributed by atoms with Crippen LogP contribution < -0.4 is 24.8 Å². The summed E-state index contributed by atoms with van der Waals surface area (Å²) < 4.78 is 0. The van der Waals surface area contributed by atoms with Crippen LogP contribution in [0.25, 0.3) is 0 Å². The van der Waals surface area contributed by atoms with Gasteiger partial charge in [-0.2, -0.15) is 0 Å². The van der Waals surface area contributed by atoms with E-state index in [-0.39, 0.29) is 80.2 Å². The van der Waals surface area contributed by atoms with Crippen molar-refractivity contribution in [1.82, 2.24) is 0 Å². The monoisotopic (exact) mass is 964 g/mol. The average molecular weight is 964 g/mol. The maximum absolute atomic E-state index is 5.96. The van der Waals surface area contributed by atoms with Crippen molar-refractivity contribution in [2.24, 2.45) is 9.98 Å². The number of hydrogen-bond acceptors (Lipinski definition) is 2. The van der Waals surface area contributed by atoms with Gasteiger partial charge in [-0.25, -0.2) is 0 Å². The van der Waals surface area contributed by atoms with E-state index in [2.05, 4.69) is 21.4 Å². The van der Waals surface area contributed by atoms with E-state index in [4.69, 9.17) is 23.2 Å². The Kier molecular flexibility index (Phi) is 18.5. The topological polar surface area (TPSA) is 24.7 Å². The van der Waals surface area contributed by atoms with Crippen LogP contribution in [-0.2, 0) is 75.2 Å². The van der Waals surface area contributed by atoms with Crippen LogP contribution in [0.3, 0.4) is 0 Å². The molecule has 0 fully saturated rings. The zero-order chi connectivity index (χ0) is 22.2. The second-order valence-corrected chi connectivity index (χ2v) is 9.66. The van der Waals surface area contributed by atoms with Gasteiger partial charge in [-0.15, -0.1) is 11.5 Å². The minimum Gasteiger partial charge on any atom is -1.00 e. The summed E-state index contributed by atoms with van der Waals surface area (Å²) in [6.07, 6.45) is 15.2. The average Bonchev–Trinajstić information content (AvgIpc) is 2.83. The van der Waals surface area contributed by atoms with Crippen molar-refractivity contribution in [3.05, 3.63) is 129 Å². The van der Waals surface area contributed by atoms with Gasteiger partial charge in [0.2, 0.25) is 0 Å². The Morgan fingerprint density at radius 3 is 1.33 bits per heavy atom. The molecule has 0 heterocycles. The van der Waals surface area contributed by atoms with E-state index < -0.39 is 0 Å². The van der Waals surface area contributed by atoms with Gasteiger partial charge in [-0.3, -0.25) is 9.98 Å². The zero-order valence-corrected chi connectivity index (χ0v) is 34.5. The third-order valence-corrected chi connectivity index (χ3v) is 7.20. The van der Waals surface area contributed by atoms with E-state index in [1.54, 1.807) is 19.8 Å². The SMILES string of the molecule is Clc1ccc(C=NC2=CC=C=CC2=S=S=C2C=C=CC=C2N=Cc2ccc(Cl)cc2)cc1.[Cl-].[Cl-].[Hg+].[Hg+]. The van der Waals surface area contributed by atoms with Crippen molar-refractivity contribution in [1.29, 1.82) is 0 Å². The molecule has 2 radical (unpaired) electrons. The fourth-order valence-electron chi connectivity index (χ4n) is 2.64. The molecule has 10 heteroatoms. The number of rotatable bonds is 4. The van der Waals surface area contributed by atoms with Gasteiger partial charge in [0.25, 0.3) is 0 Å². The molecular weight excluding hydrogens is 947 g/mol. The predicted molar refractivity (Wildman–Crippen MR) is 144 cm³/mol. The molecule has 2 nitrogen and oxygen atoms in total. The smallest absolute Gasteiger partial charge is 1.00 e. The first-order valence-electron chi connectivity index (χ1n) is 9.61. The van der Waals surface area contributed by atoms with E-state index in [1.165, 1.54) is 0 Å². The van der Waals surface area contributed by atoms with E-state index in [0.29, 0.717) is 10.0 Å². The summed E-state index contributed by atoms with van der Waals surface area (Å²) in [6, 6.07) is 15.2. The van der Waals surface area contributed by atoms with Crippen LogP contribution in [0.1, 0.15) is 11.1 Å². The third-order valence-electron chi connectivity index (χ3n) is 4.28. The van der Waals surface area contributed by atoms with Crippen molar-refractivity contribution < 1.29 is 80.2 Å². The molecule has 0 spiro atoms. The molecule has 0 unspecified atom stereocenters. The second kappa shape index (κ2) is 18.7. The van der Waals surface area contributed by atoms with E-state index in [0.717, 1.165) is 32.3 Å². The molecule has 36 heavy (non-hydrogen) atoms. The summed E-state index contributed by atoms with van der Waals surface area (Å²) in [5, 5.41) is 1.41. The Morgan fingerprint density at radius 2 is 0.972 bits per heavy atom. The van der Waals surface area contributed by atoms with Gasteiger partial charge < -0.3 is 24.8 Å². The Balaban J connectivity index is 0.00000306. The fourth-order valence-corrected chi connectivity index (χ4v) is 5.05. The largest absolute Gasteiger partial charge is 1.00 e. The Hall–Kier alpha value is -0.490. The van der Waals surface area contributed by atoms with Crippen LogP contribution in [0.4, 0.5) is 0 Å². The molecule has 0 aliphatic heterocycles. The maximum atomic E-state index is 5.96. The van der Waals surface area contributed by atoms with E-state index in [1.807, 2.05) is 97.4 Å². The summed E-state index contributed by atoms with van der Waals surface area (Å²) >= 11 is 11.9. The Labute approximate surface area is 281 Å². The normalized spacial score (nSPS) is 13.3. The summed E-state index contributed by atoms with van der Waals surface area (Å²) in [5.41, 5.74) is 10.0. The summed E-state index contributed by atoms with van der Waals surface area (Å²) in [4.78, 5) is 11.3. The molecule has 0 bridgehead atoms. The number of nitrogens with zero attached hydrogens (tertiary/aromatic N) is 2. The number of aliphatic imine (C=N–C) groups is 2. The van der Waals surface area contributed by atoms with Crippen molar-refractivity contribution >= 4 is 65.2 Å². The standard InChI is InChI=1S/C26H16Cl2N2S2.2ClH.2Hg/c27-21-13-9-19(10-14-21)17-29-23-5-1-3-7-25(23)31-32-26-8-4-2-6-24(26)30-18-20-11-15-22(28)16-12-20;;;;/h1-2,5-18H;2*1H;;/q;;;2*+1/p-2. The van der Waals surface area contributed by atoms with Crippen LogP contribution in [0.5, 0.6) is 0 Å². The van der Waals surface area contributed by atoms with Gasteiger partial charge >= 0.3 is 55.3 Å². The molecule has 0 N–H and O–H groups in total. The molecule has 4 rings (SSSR count). The van der Waals surface area contributed by atoms with Gasteiger partial charge in [0.05, 0.1) is 21.1 Å². The number of allylic oxidation sites excluding steroid dienone is 4. The number of benzene rings is 2. The third kappa shape index (κ3) is 11.1. The van der Waals surface area contributed by atoms with Crippen LogP contribution in [0.2, 0.25) is 10.0 Å². The Bertz CT molecular complexity index is 1310. The zero-order valence-electron chi connectivity index (χ0n) is 18.9. The first kappa shape index (κ1) is 35.5. The molecule has 0 saturated heterocycles. The molecule has 174 valence electrons. The van der Waals surface area contributed by atoms with Crippen LogP contribution in [-0.4, -0.2) is 22.2 Å². The first-order chi connectivity index (χ1) is 15.7. The minimum atomic E-state index is 0. The van der Waals surface area contributed by atoms with Crippen LogP contribution in [0, 0.1) is 0 Å². The molecule has 0 aromatic heterocycles. The van der Waals surface area contributed by atoms with Gasteiger partial charge in [-0.1, -0.05) is 67.3 Å². The van der Waals surface area contributed by atoms with Gasteiger partial charge in [0, 0.05) is 34.6 Å². The number of halogens is 4. The number of hydrogen-bond donors (Lipinski definition) is 0. The molecule has 0 saturated carbocycles. The van der Waals surface area contributed by atoms with Gasteiger partial charge in [-0.05, 0) is 59.7 Å². The maximum Gasteiger partial charge on any atom is 1.00 e. The van der Waals surface area contributed by atoms with E-state index >= 15 is 0 Å². The molecule has 2 aliphatic carbocycles. The van der Waals surface area contributed by atoms with Gasteiger partial charge in [0.1, 0.15) is 0 Å². The van der Waals surface area contributed by atoms with Crippen molar-refractivity contribution in [3.63, 3.8) is 0 Å². The van der Waals surface area contributed by atoms with Crippen molar-refractivity contribution in [2.75, 3.05) is 0 Å². The minimum absolute atomic E-state index is 0. The van der Waals surface area contributed by atoms with Crippen molar-refractivity contribution in [3.8, 4) is 0 Å². The molecule has 0 atom stereocenters. The van der Waals surface area contributed by atoms with Crippen molar-refractivity contribution in [2.45, 2.75) is 0 Å². The van der Waals surface area contributed by atoms with Crippen LogP contribution in [0.15, 0.2) is 118 Å². The first-order valence-corrected chi connectivity index (χ1v) is 12.5. The van der Waals surface area contributed by atoms with Crippen LogP contribution >= 0.6 is 23.2 Å². The molecule has 2 aromatic rings. The fraction of sp³-hybridized carbons (Fsp3) is 0. The predicted octanol–water partition coefficient (Wildman–Crippen LogP) is 0.177. The van der Waals surface area contributed by atoms with Gasteiger partial charge in [0.15, 0.2) is 0 Å². The summed E-state index contributed by atoms with van der Waals surface area (Å²) in [6.45, 7) is 0. The van der Waals surface area contributed by atoms with E-state index in [9.17, 15) is 0 Å². The molecular formula is C26H16Cl4Hg2N2S2. The molecule has 2 aromatic carbocycles.